The molecule has 0 aliphatic rings. The Balaban J connectivity index is 2.36. The van der Waals surface area contributed by atoms with Crippen molar-refractivity contribution in [2.75, 3.05) is 4.72 Å². The Hall–Kier alpha value is -2.12. The predicted octanol–water partition coefficient (Wildman–Crippen LogP) is 2.23. The number of anilines is 1. The SMILES string of the molecule is O=C(O)c1ccnc(NS(=O)(=O)c2ccccc2Cl)c1. The number of carboxylic acid groups (broad SMARTS) is 1. The van der Waals surface area contributed by atoms with Crippen LogP contribution in [0.4, 0.5) is 5.82 Å². The highest BCUT2D eigenvalue weighted by Crippen LogP contribution is 2.22. The van der Waals surface area contributed by atoms with E-state index in [4.69, 9.17) is 16.7 Å². The summed E-state index contributed by atoms with van der Waals surface area (Å²) in [6.45, 7) is 0. The first-order valence-electron chi connectivity index (χ1n) is 5.37. The van der Waals surface area contributed by atoms with E-state index in [1.165, 1.54) is 30.5 Å². The van der Waals surface area contributed by atoms with E-state index in [2.05, 4.69) is 9.71 Å². The Morgan fingerprint density at radius 1 is 1.25 bits per heavy atom. The second-order valence-corrected chi connectivity index (χ2v) is 5.83. The normalized spacial score (nSPS) is 11.1. The van der Waals surface area contributed by atoms with Crippen molar-refractivity contribution in [2.45, 2.75) is 4.90 Å². The molecule has 0 aliphatic carbocycles. The fraction of sp³-hybridized carbons (Fsp3) is 0. The predicted molar refractivity (Wildman–Crippen MR) is 73.5 cm³/mol. The molecular formula is C12H9ClN2O4S. The molecule has 104 valence electrons. The minimum Gasteiger partial charge on any atom is -0.478 e. The van der Waals surface area contributed by atoms with E-state index in [1.54, 1.807) is 6.07 Å². The molecule has 0 atom stereocenters. The van der Waals surface area contributed by atoms with E-state index in [0.29, 0.717) is 0 Å². The summed E-state index contributed by atoms with van der Waals surface area (Å²) in [5.41, 5.74) is -0.0724. The van der Waals surface area contributed by atoms with Crippen LogP contribution in [0, 0.1) is 0 Å². The van der Waals surface area contributed by atoms with E-state index in [0.717, 1.165) is 6.07 Å². The lowest BCUT2D eigenvalue weighted by Gasteiger charge is -2.08. The second-order valence-electron chi connectivity index (χ2n) is 3.77. The Bertz CT molecular complexity index is 762. The van der Waals surface area contributed by atoms with E-state index >= 15 is 0 Å². The van der Waals surface area contributed by atoms with Crippen LogP contribution in [0.25, 0.3) is 0 Å². The molecule has 0 aliphatic heterocycles. The van der Waals surface area contributed by atoms with Gasteiger partial charge in [0.15, 0.2) is 0 Å². The average Bonchev–Trinajstić information content (AvgIpc) is 2.38. The molecule has 0 bridgehead atoms. The summed E-state index contributed by atoms with van der Waals surface area (Å²) in [5.74, 6) is -1.27. The largest absolute Gasteiger partial charge is 0.478 e. The summed E-state index contributed by atoms with van der Waals surface area (Å²) >= 11 is 5.82. The number of sulfonamides is 1. The van der Waals surface area contributed by atoms with Crippen LogP contribution in [0.3, 0.4) is 0 Å². The van der Waals surface area contributed by atoms with E-state index < -0.39 is 16.0 Å². The van der Waals surface area contributed by atoms with E-state index in [1.807, 2.05) is 0 Å². The molecular weight excluding hydrogens is 304 g/mol. The highest BCUT2D eigenvalue weighted by atomic mass is 35.5. The van der Waals surface area contributed by atoms with Crippen molar-refractivity contribution >= 4 is 33.4 Å². The van der Waals surface area contributed by atoms with Gasteiger partial charge in [0.25, 0.3) is 10.0 Å². The van der Waals surface area contributed by atoms with Gasteiger partial charge in [0.05, 0.1) is 10.6 Å². The van der Waals surface area contributed by atoms with Gasteiger partial charge in [-0.1, -0.05) is 23.7 Å². The summed E-state index contributed by atoms with van der Waals surface area (Å²) in [6.07, 6.45) is 1.20. The molecule has 0 fully saturated rings. The number of aromatic nitrogens is 1. The van der Waals surface area contributed by atoms with Crippen LogP contribution < -0.4 is 4.72 Å². The van der Waals surface area contributed by atoms with Crippen LogP contribution in [0.15, 0.2) is 47.5 Å². The summed E-state index contributed by atoms with van der Waals surface area (Å²) in [5, 5.41) is 8.91. The van der Waals surface area contributed by atoms with Crippen LogP contribution in [0.2, 0.25) is 5.02 Å². The minimum atomic E-state index is -3.92. The third kappa shape index (κ3) is 3.06. The molecule has 1 heterocycles. The molecule has 1 aromatic carbocycles. The molecule has 2 rings (SSSR count). The first-order valence-corrected chi connectivity index (χ1v) is 7.23. The number of nitrogens with zero attached hydrogens (tertiary/aromatic N) is 1. The summed E-state index contributed by atoms with van der Waals surface area (Å²) < 4.78 is 26.4. The summed E-state index contributed by atoms with van der Waals surface area (Å²) in [7, 11) is -3.92. The third-order valence-electron chi connectivity index (χ3n) is 2.37. The first-order chi connectivity index (χ1) is 9.40. The lowest BCUT2D eigenvalue weighted by molar-refractivity contribution is 0.0697. The molecule has 20 heavy (non-hydrogen) atoms. The molecule has 0 saturated carbocycles. The zero-order valence-electron chi connectivity index (χ0n) is 9.95. The number of halogens is 1. The number of carbonyl (C=O) groups is 1. The molecule has 0 spiro atoms. The van der Waals surface area contributed by atoms with Crippen molar-refractivity contribution in [2.24, 2.45) is 0 Å². The van der Waals surface area contributed by atoms with Crippen LogP contribution in [-0.2, 0) is 10.0 Å². The maximum absolute atomic E-state index is 12.1. The monoisotopic (exact) mass is 312 g/mol. The van der Waals surface area contributed by atoms with Crippen molar-refractivity contribution in [3.8, 4) is 0 Å². The Kier molecular flexibility index (Phi) is 3.91. The number of carboxylic acids is 1. The fourth-order valence-electron chi connectivity index (χ4n) is 1.47. The summed E-state index contributed by atoms with van der Waals surface area (Å²) in [4.78, 5) is 14.5. The number of rotatable bonds is 4. The minimum absolute atomic E-state index is 0.0642. The van der Waals surface area contributed by atoms with Crippen molar-refractivity contribution in [3.63, 3.8) is 0 Å². The standard InChI is InChI=1S/C12H9ClN2O4S/c13-9-3-1-2-4-10(9)20(18,19)15-11-7-8(12(16)17)5-6-14-11/h1-7H,(H,14,15)(H,16,17). The average molecular weight is 313 g/mol. The fourth-order valence-corrected chi connectivity index (χ4v) is 2.99. The number of hydrogen-bond donors (Lipinski definition) is 2. The molecule has 2 aromatic rings. The van der Waals surface area contributed by atoms with Gasteiger partial charge in [0, 0.05) is 6.20 Å². The van der Waals surface area contributed by atoms with Gasteiger partial charge in [-0.05, 0) is 24.3 Å². The van der Waals surface area contributed by atoms with E-state index in [-0.39, 0.29) is 21.3 Å². The Labute approximate surface area is 120 Å². The second kappa shape index (κ2) is 5.48. The van der Waals surface area contributed by atoms with Crippen molar-refractivity contribution in [1.82, 2.24) is 4.98 Å². The van der Waals surface area contributed by atoms with Crippen LogP contribution in [0.5, 0.6) is 0 Å². The van der Waals surface area contributed by atoms with Gasteiger partial charge >= 0.3 is 5.97 Å². The van der Waals surface area contributed by atoms with Crippen LogP contribution in [-0.4, -0.2) is 24.5 Å². The lowest BCUT2D eigenvalue weighted by atomic mass is 10.3. The van der Waals surface area contributed by atoms with Gasteiger partial charge in [0.2, 0.25) is 0 Å². The maximum atomic E-state index is 12.1. The number of nitrogens with one attached hydrogen (secondary N) is 1. The maximum Gasteiger partial charge on any atom is 0.335 e. The van der Waals surface area contributed by atoms with Gasteiger partial charge in [0.1, 0.15) is 10.7 Å². The zero-order chi connectivity index (χ0) is 14.8. The van der Waals surface area contributed by atoms with Gasteiger partial charge < -0.3 is 5.11 Å². The van der Waals surface area contributed by atoms with Crippen molar-refractivity contribution in [1.29, 1.82) is 0 Å². The smallest absolute Gasteiger partial charge is 0.335 e. The molecule has 0 saturated heterocycles. The lowest BCUT2D eigenvalue weighted by Crippen LogP contribution is -2.14. The number of benzene rings is 1. The number of aromatic carboxylic acids is 1. The van der Waals surface area contributed by atoms with Crippen molar-refractivity contribution in [3.05, 3.63) is 53.2 Å². The summed E-state index contributed by atoms with van der Waals surface area (Å²) in [6, 6.07) is 8.29. The molecule has 0 radical (unpaired) electrons. The number of hydrogen-bond acceptors (Lipinski definition) is 4. The van der Waals surface area contributed by atoms with E-state index in [9.17, 15) is 13.2 Å². The molecule has 2 N–H and O–H groups in total. The Morgan fingerprint density at radius 3 is 2.60 bits per heavy atom. The van der Waals surface area contributed by atoms with Gasteiger partial charge in [-0.25, -0.2) is 18.2 Å². The highest BCUT2D eigenvalue weighted by molar-refractivity contribution is 7.92. The van der Waals surface area contributed by atoms with Gasteiger partial charge in [-0.2, -0.15) is 0 Å². The third-order valence-corrected chi connectivity index (χ3v) is 4.23. The van der Waals surface area contributed by atoms with Gasteiger partial charge in [-0.15, -0.1) is 0 Å². The number of pyridine rings is 1. The quantitative estimate of drug-likeness (QED) is 0.902. The molecule has 1 aromatic heterocycles. The molecule has 0 amide bonds. The molecule has 8 heteroatoms. The molecule has 6 nitrogen and oxygen atoms in total. The highest BCUT2D eigenvalue weighted by Gasteiger charge is 2.18. The zero-order valence-corrected chi connectivity index (χ0v) is 11.5. The Morgan fingerprint density at radius 2 is 1.95 bits per heavy atom. The van der Waals surface area contributed by atoms with Crippen LogP contribution >= 0.6 is 11.6 Å². The van der Waals surface area contributed by atoms with Crippen LogP contribution in [0.1, 0.15) is 10.4 Å². The first kappa shape index (κ1) is 14.3. The topological polar surface area (TPSA) is 96.4 Å². The van der Waals surface area contributed by atoms with Gasteiger partial charge in [-0.3, -0.25) is 4.72 Å². The van der Waals surface area contributed by atoms with Crippen molar-refractivity contribution < 1.29 is 18.3 Å². The molecule has 0 unspecified atom stereocenters.